The van der Waals surface area contributed by atoms with E-state index in [0.717, 1.165) is 5.56 Å². The second-order valence-electron chi connectivity index (χ2n) is 5.94. The maximum absolute atomic E-state index is 11.8. The fraction of sp³-hybridized carbons (Fsp3) is 0.353. The molecule has 0 aliphatic rings. The highest BCUT2D eigenvalue weighted by Gasteiger charge is 2.23. The summed E-state index contributed by atoms with van der Waals surface area (Å²) in [6, 6.07) is 11.2. The van der Waals surface area contributed by atoms with Crippen molar-refractivity contribution in [1.82, 2.24) is 10.5 Å². The molecular formula is C17H21N3O4. The average Bonchev–Trinajstić information content (AvgIpc) is 2.97. The standard InChI is InChI=1S/C17H21N3O4/c1-12-10-14(20-24-12)19-16(22)15(21)18-11-17(2,23)9-8-13-6-4-3-5-7-13/h3-7,10,23H,8-9,11H2,1-2H3,(H,18,21)(H,19,20,22). The molecule has 3 N–H and O–H groups in total. The zero-order valence-electron chi connectivity index (χ0n) is 13.7. The normalized spacial score (nSPS) is 13.1. The van der Waals surface area contributed by atoms with E-state index in [4.69, 9.17) is 4.52 Å². The molecule has 0 radical (unpaired) electrons. The van der Waals surface area contributed by atoms with Crippen LogP contribution in [0.1, 0.15) is 24.7 Å². The van der Waals surface area contributed by atoms with Crippen molar-refractivity contribution in [2.24, 2.45) is 0 Å². The van der Waals surface area contributed by atoms with E-state index in [-0.39, 0.29) is 12.4 Å². The van der Waals surface area contributed by atoms with Gasteiger partial charge in [0.15, 0.2) is 5.82 Å². The summed E-state index contributed by atoms with van der Waals surface area (Å²) in [5, 5.41) is 18.6. The summed E-state index contributed by atoms with van der Waals surface area (Å²) in [5.41, 5.74) is -0.0146. The molecule has 0 fully saturated rings. The number of aliphatic hydroxyl groups is 1. The van der Waals surface area contributed by atoms with Crippen LogP contribution in [-0.2, 0) is 16.0 Å². The molecule has 1 unspecified atom stereocenters. The molecule has 0 spiro atoms. The van der Waals surface area contributed by atoms with Gasteiger partial charge in [-0.15, -0.1) is 0 Å². The third-order valence-electron chi connectivity index (χ3n) is 3.50. The van der Waals surface area contributed by atoms with E-state index in [1.165, 1.54) is 6.07 Å². The Hall–Kier alpha value is -2.67. The topological polar surface area (TPSA) is 104 Å². The second kappa shape index (κ2) is 7.74. The van der Waals surface area contributed by atoms with Crippen LogP contribution >= 0.6 is 0 Å². The Morgan fingerprint density at radius 1 is 1.25 bits per heavy atom. The lowest BCUT2D eigenvalue weighted by Gasteiger charge is -2.23. The molecule has 7 nitrogen and oxygen atoms in total. The second-order valence-corrected chi connectivity index (χ2v) is 5.94. The number of hydrogen-bond donors (Lipinski definition) is 3. The van der Waals surface area contributed by atoms with Gasteiger partial charge in [0.05, 0.1) is 5.60 Å². The van der Waals surface area contributed by atoms with Gasteiger partial charge >= 0.3 is 11.8 Å². The summed E-state index contributed by atoms with van der Waals surface area (Å²) in [6.07, 6.45) is 1.13. The Kier molecular flexibility index (Phi) is 5.70. The number of hydrogen-bond acceptors (Lipinski definition) is 5. The predicted octanol–water partition coefficient (Wildman–Crippen LogP) is 1.42. The Bertz CT molecular complexity index is 695. The first-order valence-electron chi connectivity index (χ1n) is 7.64. The molecule has 1 aromatic heterocycles. The fourth-order valence-corrected chi connectivity index (χ4v) is 2.10. The fourth-order valence-electron chi connectivity index (χ4n) is 2.10. The van der Waals surface area contributed by atoms with Gasteiger partial charge in [-0.05, 0) is 32.3 Å². The molecule has 2 aromatic rings. The van der Waals surface area contributed by atoms with Crippen LogP contribution in [0.25, 0.3) is 0 Å². The van der Waals surface area contributed by atoms with Crippen molar-refractivity contribution in [3.63, 3.8) is 0 Å². The molecule has 7 heteroatoms. The highest BCUT2D eigenvalue weighted by Crippen LogP contribution is 2.13. The van der Waals surface area contributed by atoms with Crippen LogP contribution in [0.3, 0.4) is 0 Å². The molecule has 1 heterocycles. The van der Waals surface area contributed by atoms with Crippen molar-refractivity contribution in [2.75, 3.05) is 11.9 Å². The maximum atomic E-state index is 11.8. The number of amides is 2. The highest BCUT2D eigenvalue weighted by atomic mass is 16.5. The van der Waals surface area contributed by atoms with Crippen molar-refractivity contribution in [3.05, 3.63) is 47.7 Å². The highest BCUT2D eigenvalue weighted by molar-refractivity contribution is 6.39. The van der Waals surface area contributed by atoms with Gasteiger partial charge < -0.3 is 14.9 Å². The Balaban J connectivity index is 1.77. The van der Waals surface area contributed by atoms with Crippen molar-refractivity contribution in [3.8, 4) is 0 Å². The lowest BCUT2D eigenvalue weighted by Crippen LogP contribution is -2.44. The molecule has 1 aromatic carbocycles. The van der Waals surface area contributed by atoms with Gasteiger partial charge in [0.2, 0.25) is 0 Å². The molecule has 1 atom stereocenters. The molecule has 0 saturated heterocycles. The Morgan fingerprint density at radius 2 is 1.96 bits per heavy atom. The van der Waals surface area contributed by atoms with Crippen LogP contribution < -0.4 is 10.6 Å². The number of benzene rings is 1. The monoisotopic (exact) mass is 331 g/mol. The summed E-state index contributed by atoms with van der Waals surface area (Å²) in [4.78, 5) is 23.5. The van der Waals surface area contributed by atoms with Crippen LogP contribution in [0.15, 0.2) is 40.9 Å². The van der Waals surface area contributed by atoms with E-state index >= 15 is 0 Å². The summed E-state index contributed by atoms with van der Waals surface area (Å²) in [7, 11) is 0. The van der Waals surface area contributed by atoms with Gasteiger partial charge in [0, 0.05) is 12.6 Å². The first-order chi connectivity index (χ1) is 11.4. The van der Waals surface area contributed by atoms with Gasteiger partial charge in [0.1, 0.15) is 5.76 Å². The maximum Gasteiger partial charge on any atom is 0.314 e. The Morgan fingerprint density at radius 3 is 2.58 bits per heavy atom. The minimum Gasteiger partial charge on any atom is -0.388 e. The Labute approximate surface area is 140 Å². The number of rotatable bonds is 6. The summed E-state index contributed by atoms with van der Waals surface area (Å²) >= 11 is 0. The van der Waals surface area contributed by atoms with E-state index in [0.29, 0.717) is 18.6 Å². The molecular weight excluding hydrogens is 310 g/mol. The molecule has 0 aliphatic heterocycles. The van der Waals surface area contributed by atoms with Crippen LogP contribution in [0, 0.1) is 6.92 Å². The number of nitrogens with one attached hydrogen (secondary N) is 2. The van der Waals surface area contributed by atoms with E-state index < -0.39 is 17.4 Å². The van der Waals surface area contributed by atoms with E-state index in [2.05, 4.69) is 15.8 Å². The molecule has 2 amide bonds. The zero-order valence-corrected chi connectivity index (χ0v) is 13.7. The number of nitrogens with zero attached hydrogens (tertiary/aromatic N) is 1. The predicted molar refractivity (Wildman–Crippen MR) is 88.3 cm³/mol. The van der Waals surface area contributed by atoms with Crippen molar-refractivity contribution < 1.29 is 19.2 Å². The lowest BCUT2D eigenvalue weighted by atomic mass is 9.97. The van der Waals surface area contributed by atoms with Gasteiger partial charge in [-0.25, -0.2) is 0 Å². The van der Waals surface area contributed by atoms with E-state index in [9.17, 15) is 14.7 Å². The lowest BCUT2D eigenvalue weighted by molar-refractivity contribution is -0.136. The van der Waals surface area contributed by atoms with Crippen LogP contribution in [0.5, 0.6) is 0 Å². The summed E-state index contributed by atoms with van der Waals surface area (Å²) in [6.45, 7) is 3.27. The minimum absolute atomic E-state index is 0.0239. The molecule has 128 valence electrons. The quantitative estimate of drug-likeness (QED) is 0.695. The zero-order chi connectivity index (χ0) is 17.6. The SMILES string of the molecule is Cc1cc(NC(=O)C(=O)NCC(C)(O)CCc2ccccc2)no1. The minimum atomic E-state index is -1.11. The van der Waals surface area contributed by atoms with Gasteiger partial charge in [-0.3, -0.25) is 14.9 Å². The molecule has 0 aliphatic carbocycles. The smallest absolute Gasteiger partial charge is 0.314 e. The molecule has 0 saturated carbocycles. The average molecular weight is 331 g/mol. The molecule has 24 heavy (non-hydrogen) atoms. The van der Waals surface area contributed by atoms with Gasteiger partial charge in [0.25, 0.3) is 0 Å². The van der Waals surface area contributed by atoms with Crippen molar-refractivity contribution in [1.29, 1.82) is 0 Å². The van der Waals surface area contributed by atoms with Crippen molar-refractivity contribution >= 4 is 17.6 Å². The first-order valence-corrected chi connectivity index (χ1v) is 7.64. The largest absolute Gasteiger partial charge is 0.388 e. The number of aromatic nitrogens is 1. The number of carbonyl (C=O) groups excluding carboxylic acids is 2. The van der Waals surface area contributed by atoms with Gasteiger partial charge in [-0.1, -0.05) is 35.5 Å². The third kappa shape index (κ3) is 5.51. The van der Waals surface area contributed by atoms with Crippen LogP contribution in [0.4, 0.5) is 5.82 Å². The van der Waals surface area contributed by atoms with Crippen LogP contribution in [-0.4, -0.2) is 34.2 Å². The van der Waals surface area contributed by atoms with E-state index in [1.54, 1.807) is 13.8 Å². The number of anilines is 1. The first kappa shape index (κ1) is 17.7. The molecule has 0 bridgehead atoms. The number of carbonyl (C=O) groups is 2. The third-order valence-corrected chi connectivity index (χ3v) is 3.50. The van der Waals surface area contributed by atoms with Crippen LogP contribution in [0.2, 0.25) is 0 Å². The van der Waals surface area contributed by atoms with E-state index in [1.807, 2.05) is 30.3 Å². The number of aryl methyl sites for hydroxylation is 2. The molecule has 2 rings (SSSR count). The van der Waals surface area contributed by atoms with Gasteiger partial charge in [-0.2, -0.15) is 0 Å². The summed E-state index contributed by atoms with van der Waals surface area (Å²) in [5.74, 6) is -1.00. The van der Waals surface area contributed by atoms with Crippen molar-refractivity contribution in [2.45, 2.75) is 32.3 Å². The summed E-state index contributed by atoms with van der Waals surface area (Å²) < 4.78 is 4.80.